The molecule has 7 heteroatoms. The number of carbonyl (C=O) groups excluding carboxylic acids is 1. The van der Waals surface area contributed by atoms with Gasteiger partial charge in [-0.25, -0.2) is 8.42 Å². The van der Waals surface area contributed by atoms with E-state index in [2.05, 4.69) is 36.8 Å². The Bertz CT molecular complexity index is 528. The largest absolute Gasteiger partial charge is 0.292 e. The summed E-state index contributed by atoms with van der Waals surface area (Å²) in [6.07, 6.45) is 3.20. The summed E-state index contributed by atoms with van der Waals surface area (Å²) in [5.41, 5.74) is 0.335. The van der Waals surface area contributed by atoms with Gasteiger partial charge in [0.15, 0.2) is 5.78 Å². The third-order valence-electron chi connectivity index (χ3n) is 1.99. The van der Waals surface area contributed by atoms with E-state index >= 15 is 0 Å². The molecule has 0 atom stereocenters. The second-order valence-electron chi connectivity index (χ2n) is 3.64. The van der Waals surface area contributed by atoms with Crippen molar-refractivity contribution < 1.29 is 13.2 Å². The van der Waals surface area contributed by atoms with Crippen molar-refractivity contribution >= 4 is 47.5 Å². The molecule has 1 aromatic rings. The predicted octanol–water partition coefficient (Wildman–Crippen LogP) is 2.61. The molecule has 0 amide bonds. The molecule has 0 N–H and O–H groups in total. The van der Waals surface area contributed by atoms with E-state index in [1.807, 2.05) is 0 Å². The van der Waals surface area contributed by atoms with Crippen LogP contribution in [0.15, 0.2) is 21.2 Å². The van der Waals surface area contributed by atoms with Crippen molar-refractivity contribution in [1.29, 1.82) is 0 Å². The summed E-state index contributed by atoms with van der Waals surface area (Å²) in [6.45, 7) is 0. The molecular formula is C10H11Br2NO3S. The summed E-state index contributed by atoms with van der Waals surface area (Å²) in [6, 6.07) is 1.73. The van der Waals surface area contributed by atoms with Crippen LogP contribution < -0.4 is 0 Å². The van der Waals surface area contributed by atoms with Gasteiger partial charge in [0, 0.05) is 27.8 Å². The normalized spacial score (nSPS) is 11.5. The topological polar surface area (TPSA) is 64.1 Å². The van der Waals surface area contributed by atoms with Crippen LogP contribution in [0.25, 0.3) is 0 Å². The Morgan fingerprint density at radius 1 is 1.41 bits per heavy atom. The monoisotopic (exact) mass is 383 g/mol. The van der Waals surface area contributed by atoms with E-state index in [4.69, 9.17) is 0 Å². The molecule has 0 aliphatic rings. The molecule has 17 heavy (non-hydrogen) atoms. The van der Waals surface area contributed by atoms with Crippen LogP contribution in [0.2, 0.25) is 0 Å². The van der Waals surface area contributed by atoms with Gasteiger partial charge in [-0.15, -0.1) is 0 Å². The van der Waals surface area contributed by atoms with E-state index in [0.717, 1.165) is 10.7 Å². The van der Waals surface area contributed by atoms with Crippen molar-refractivity contribution in [2.45, 2.75) is 12.8 Å². The first-order chi connectivity index (χ1) is 7.79. The molecule has 0 fully saturated rings. The Hall–Kier alpha value is -0.270. The molecule has 0 aliphatic heterocycles. The first-order valence-electron chi connectivity index (χ1n) is 4.81. The number of ketones is 1. The Labute approximate surface area is 117 Å². The number of sulfone groups is 1. The quantitative estimate of drug-likeness (QED) is 0.732. The predicted molar refractivity (Wildman–Crippen MR) is 72.9 cm³/mol. The minimum absolute atomic E-state index is 0.0207. The van der Waals surface area contributed by atoms with Crippen molar-refractivity contribution in [2.75, 3.05) is 12.0 Å². The van der Waals surface area contributed by atoms with Gasteiger partial charge in [-0.05, 0) is 44.3 Å². The van der Waals surface area contributed by atoms with Crippen LogP contribution in [0.1, 0.15) is 23.3 Å². The fourth-order valence-corrected chi connectivity index (χ4v) is 3.11. The van der Waals surface area contributed by atoms with Gasteiger partial charge in [0.05, 0.1) is 5.75 Å². The van der Waals surface area contributed by atoms with E-state index < -0.39 is 9.84 Å². The van der Waals surface area contributed by atoms with Crippen molar-refractivity contribution in [3.05, 3.63) is 26.9 Å². The van der Waals surface area contributed by atoms with Gasteiger partial charge >= 0.3 is 0 Å². The van der Waals surface area contributed by atoms with Gasteiger partial charge in [0.2, 0.25) is 0 Å². The molecule has 0 bridgehead atoms. The maximum Gasteiger partial charge on any atom is 0.182 e. The van der Waals surface area contributed by atoms with E-state index in [-0.39, 0.29) is 18.0 Å². The number of halogens is 2. The number of pyridine rings is 1. The third kappa shape index (κ3) is 5.27. The van der Waals surface area contributed by atoms with Gasteiger partial charge in [0.1, 0.15) is 15.5 Å². The molecule has 94 valence electrons. The average Bonchev–Trinajstić information content (AvgIpc) is 2.15. The summed E-state index contributed by atoms with van der Waals surface area (Å²) in [5.74, 6) is -0.139. The van der Waals surface area contributed by atoms with Crippen LogP contribution >= 0.6 is 31.9 Å². The smallest absolute Gasteiger partial charge is 0.182 e. The molecule has 0 aliphatic carbocycles. The van der Waals surface area contributed by atoms with Crippen LogP contribution in [-0.2, 0) is 9.84 Å². The highest BCUT2D eigenvalue weighted by atomic mass is 79.9. The number of aromatic nitrogens is 1. The first-order valence-corrected chi connectivity index (χ1v) is 8.46. The highest BCUT2D eigenvalue weighted by molar-refractivity contribution is 9.11. The number of Topliss-reactive ketones (excluding diaryl/α,β-unsaturated/α-hetero) is 1. The molecule has 4 nitrogen and oxygen atoms in total. The number of nitrogens with zero attached hydrogens (tertiary/aromatic N) is 1. The highest BCUT2D eigenvalue weighted by Gasteiger charge is 2.13. The molecule has 1 rings (SSSR count). The van der Waals surface area contributed by atoms with Gasteiger partial charge in [-0.3, -0.25) is 9.78 Å². The van der Waals surface area contributed by atoms with Crippen molar-refractivity contribution in [1.82, 2.24) is 4.98 Å². The minimum Gasteiger partial charge on any atom is -0.292 e. The van der Waals surface area contributed by atoms with E-state index in [1.54, 1.807) is 6.07 Å². The Kier molecular flexibility index (Phi) is 5.27. The molecule has 0 aromatic carbocycles. The summed E-state index contributed by atoms with van der Waals surface area (Å²) in [5, 5.41) is 0. The molecule has 0 unspecified atom stereocenters. The van der Waals surface area contributed by atoms with Gasteiger partial charge in [0.25, 0.3) is 0 Å². The maximum absolute atomic E-state index is 11.8. The van der Waals surface area contributed by atoms with Gasteiger partial charge in [-0.2, -0.15) is 0 Å². The van der Waals surface area contributed by atoms with Crippen LogP contribution in [-0.4, -0.2) is 31.2 Å². The lowest BCUT2D eigenvalue weighted by atomic mass is 10.1. The molecule has 0 saturated heterocycles. The maximum atomic E-state index is 11.8. The molecule has 0 spiro atoms. The lowest BCUT2D eigenvalue weighted by molar-refractivity contribution is 0.0976. The zero-order valence-corrected chi connectivity index (χ0v) is 13.1. The number of hydrogen-bond acceptors (Lipinski definition) is 4. The van der Waals surface area contributed by atoms with E-state index in [9.17, 15) is 13.2 Å². The second-order valence-corrected chi connectivity index (χ2v) is 7.67. The van der Waals surface area contributed by atoms with Crippen molar-refractivity contribution in [2.24, 2.45) is 0 Å². The Morgan fingerprint density at radius 3 is 2.59 bits per heavy atom. The molecule has 1 aromatic heterocycles. The molecule has 1 heterocycles. The number of rotatable bonds is 5. The van der Waals surface area contributed by atoms with Crippen LogP contribution in [0, 0.1) is 0 Å². The molecule has 0 radical (unpaired) electrons. The standard InChI is InChI=1S/C10H11Br2NO3S/c1-17(15,16)4-2-3-9(14)10-8(12)5-7(11)6-13-10/h5-6H,2-4H2,1H3. The average molecular weight is 385 g/mol. The Morgan fingerprint density at radius 2 is 2.06 bits per heavy atom. The zero-order valence-electron chi connectivity index (χ0n) is 9.11. The number of hydrogen-bond donors (Lipinski definition) is 0. The van der Waals surface area contributed by atoms with Crippen molar-refractivity contribution in [3.63, 3.8) is 0 Å². The third-order valence-corrected chi connectivity index (χ3v) is 4.06. The van der Waals surface area contributed by atoms with Crippen LogP contribution in [0.3, 0.4) is 0 Å². The van der Waals surface area contributed by atoms with Crippen LogP contribution in [0.4, 0.5) is 0 Å². The highest BCUT2D eigenvalue weighted by Crippen LogP contribution is 2.21. The summed E-state index contributed by atoms with van der Waals surface area (Å²) in [7, 11) is -3.01. The van der Waals surface area contributed by atoms with Gasteiger partial charge in [-0.1, -0.05) is 0 Å². The van der Waals surface area contributed by atoms with Crippen LogP contribution in [0.5, 0.6) is 0 Å². The molecular weight excluding hydrogens is 374 g/mol. The summed E-state index contributed by atoms with van der Waals surface area (Å²) >= 11 is 6.49. The van der Waals surface area contributed by atoms with Gasteiger partial charge < -0.3 is 0 Å². The summed E-state index contributed by atoms with van der Waals surface area (Å²) in [4.78, 5) is 15.8. The zero-order chi connectivity index (χ0) is 13.1. The fraction of sp³-hybridized carbons (Fsp3) is 0.400. The van der Waals surface area contributed by atoms with E-state index in [1.165, 1.54) is 6.20 Å². The first kappa shape index (κ1) is 14.8. The van der Waals surface area contributed by atoms with Crippen molar-refractivity contribution in [3.8, 4) is 0 Å². The fourth-order valence-electron chi connectivity index (χ4n) is 1.23. The summed E-state index contributed by atoms with van der Waals surface area (Å²) < 4.78 is 23.2. The van der Waals surface area contributed by atoms with E-state index in [0.29, 0.717) is 16.6 Å². The minimum atomic E-state index is -3.01. The molecule has 0 saturated carbocycles. The SMILES string of the molecule is CS(=O)(=O)CCCC(=O)c1ncc(Br)cc1Br. The Balaban J connectivity index is 2.65. The lowest BCUT2D eigenvalue weighted by Crippen LogP contribution is -2.08. The second kappa shape index (κ2) is 6.06. The lowest BCUT2D eigenvalue weighted by Gasteiger charge is -2.03. The number of carbonyl (C=O) groups is 1.